The van der Waals surface area contributed by atoms with Gasteiger partial charge in [-0.15, -0.1) is 0 Å². The monoisotopic (exact) mass is 496 g/mol. The molecule has 0 saturated heterocycles. The van der Waals surface area contributed by atoms with Crippen LogP contribution in [0.4, 0.5) is 18.9 Å². The average molecular weight is 497 g/mol. The Balaban J connectivity index is 1.94. The Kier molecular flexibility index (Phi) is 6.64. The van der Waals surface area contributed by atoms with Crippen LogP contribution in [0.5, 0.6) is 5.75 Å². The van der Waals surface area contributed by atoms with E-state index in [4.69, 9.17) is 27.9 Å². The van der Waals surface area contributed by atoms with Crippen molar-refractivity contribution in [1.29, 1.82) is 0 Å². The van der Waals surface area contributed by atoms with Gasteiger partial charge in [0.25, 0.3) is 10.0 Å². The summed E-state index contributed by atoms with van der Waals surface area (Å²) in [5.41, 5.74) is 0.999. The number of halogens is 5. The van der Waals surface area contributed by atoms with Crippen LogP contribution in [0.15, 0.2) is 35.2 Å². The Morgan fingerprint density at radius 2 is 1.77 bits per heavy atom. The second kappa shape index (κ2) is 8.76. The van der Waals surface area contributed by atoms with Crippen LogP contribution in [-0.2, 0) is 27.7 Å². The third-order valence-corrected chi connectivity index (χ3v) is 6.66. The summed E-state index contributed by atoms with van der Waals surface area (Å²) in [4.78, 5) is 11.2. The van der Waals surface area contributed by atoms with Crippen molar-refractivity contribution in [2.75, 3.05) is 11.8 Å². The van der Waals surface area contributed by atoms with Crippen molar-refractivity contribution >= 4 is 44.8 Å². The Hall–Kier alpha value is -2.17. The molecule has 1 aliphatic carbocycles. The Bertz CT molecular complexity index is 1100. The van der Waals surface area contributed by atoms with Crippen LogP contribution in [0.3, 0.4) is 0 Å². The minimum Gasteiger partial charge on any atom is -0.496 e. The second-order valence-electron chi connectivity index (χ2n) is 6.90. The summed E-state index contributed by atoms with van der Waals surface area (Å²) in [7, 11) is -2.70. The molecule has 0 bridgehead atoms. The van der Waals surface area contributed by atoms with E-state index in [1.807, 2.05) is 5.32 Å². The first kappa shape index (κ1) is 23.5. The molecule has 0 fully saturated rings. The molecule has 168 valence electrons. The summed E-state index contributed by atoms with van der Waals surface area (Å²) in [5.74, 6) is -1.71. The number of carbonyl (C=O) groups excluding carboxylic acids is 1. The third kappa shape index (κ3) is 5.36. The molecule has 1 aliphatic rings. The van der Waals surface area contributed by atoms with Crippen LogP contribution in [-0.4, -0.2) is 33.7 Å². The van der Waals surface area contributed by atoms with E-state index < -0.39 is 28.1 Å². The number of anilines is 1. The number of fused-ring (bicyclic) bond motifs is 1. The Morgan fingerprint density at radius 3 is 2.35 bits per heavy atom. The zero-order chi connectivity index (χ0) is 23.0. The van der Waals surface area contributed by atoms with Gasteiger partial charge < -0.3 is 10.1 Å². The van der Waals surface area contributed by atoms with Crippen LogP contribution in [0.2, 0.25) is 10.0 Å². The van der Waals surface area contributed by atoms with E-state index in [9.17, 15) is 26.4 Å². The molecule has 3 rings (SSSR count). The van der Waals surface area contributed by atoms with E-state index in [2.05, 4.69) is 4.72 Å². The van der Waals surface area contributed by atoms with Crippen molar-refractivity contribution in [2.24, 2.45) is 0 Å². The highest BCUT2D eigenvalue weighted by Crippen LogP contribution is 2.36. The highest BCUT2D eigenvalue weighted by molar-refractivity contribution is 7.92. The normalized spacial score (nSPS) is 16.4. The maximum atomic E-state index is 13.0. The quantitative estimate of drug-likeness (QED) is 0.644. The zero-order valence-electron chi connectivity index (χ0n) is 16.0. The van der Waals surface area contributed by atoms with Gasteiger partial charge in [-0.3, -0.25) is 9.52 Å². The molecule has 1 unspecified atom stereocenters. The number of amides is 1. The predicted molar refractivity (Wildman–Crippen MR) is 110 cm³/mol. The Labute approximate surface area is 186 Å². The minimum atomic E-state index is -5.00. The van der Waals surface area contributed by atoms with Gasteiger partial charge in [-0.2, -0.15) is 13.2 Å². The number of benzene rings is 2. The van der Waals surface area contributed by atoms with Crippen LogP contribution < -0.4 is 14.8 Å². The van der Waals surface area contributed by atoms with E-state index in [1.54, 1.807) is 0 Å². The highest BCUT2D eigenvalue weighted by atomic mass is 35.5. The lowest BCUT2D eigenvalue weighted by Gasteiger charge is -2.28. The number of rotatable bonds is 5. The van der Waals surface area contributed by atoms with E-state index in [0.29, 0.717) is 16.9 Å². The van der Waals surface area contributed by atoms with Gasteiger partial charge in [0.2, 0.25) is 0 Å². The second-order valence-corrected chi connectivity index (χ2v) is 9.42. The van der Waals surface area contributed by atoms with Gasteiger partial charge in [0.1, 0.15) is 5.75 Å². The van der Waals surface area contributed by atoms with Crippen LogP contribution in [0.25, 0.3) is 0 Å². The van der Waals surface area contributed by atoms with Gasteiger partial charge in [0, 0.05) is 21.7 Å². The number of nitrogens with one attached hydrogen (secondary N) is 2. The lowest BCUT2D eigenvalue weighted by molar-refractivity contribution is -0.174. The summed E-state index contributed by atoms with van der Waals surface area (Å²) in [6.07, 6.45) is -4.75. The van der Waals surface area contributed by atoms with E-state index in [1.165, 1.54) is 37.4 Å². The predicted octanol–water partition coefficient (Wildman–Crippen LogP) is 4.34. The van der Waals surface area contributed by atoms with Crippen molar-refractivity contribution in [3.63, 3.8) is 0 Å². The van der Waals surface area contributed by atoms with E-state index >= 15 is 0 Å². The topological polar surface area (TPSA) is 84.5 Å². The van der Waals surface area contributed by atoms with Crippen molar-refractivity contribution in [3.05, 3.63) is 51.5 Å². The number of methoxy groups -OCH3 is 1. The molecule has 0 radical (unpaired) electrons. The van der Waals surface area contributed by atoms with Crippen LogP contribution in [0, 0.1) is 0 Å². The molecule has 12 heteroatoms. The molecule has 0 aromatic heterocycles. The van der Waals surface area contributed by atoms with Crippen molar-refractivity contribution in [2.45, 2.75) is 36.4 Å². The maximum Gasteiger partial charge on any atom is 0.471 e. The van der Waals surface area contributed by atoms with Gasteiger partial charge in [-0.25, -0.2) is 8.42 Å². The minimum absolute atomic E-state index is 0.00726. The molecule has 0 saturated carbocycles. The van der Waals surface area contributed by atoms with Gasteiger partial charge in [0.15, 0.2) is 0 Å². The molecule has 0 spiro atoms. The number of sulfonamides is 1. The molecule has 0 aliphatic heterocycles. The number of hydrogen-bond acceptors (Lipinski definition) is 4. The fourth-order valence-corrected chi connectivity index (χ4v) is 5.33. The van der Waals surface area contributed by atoms with E-state index in [-0.39, 0.29) is 39.9 Å². The first-order valence-electron chi connectivity index (χ1n) is 8.96. The molecule has 2 aromatic rings. The highest BCUT2D eigenvalue weighted by Gasteiger charge is 2.40. The summed E-state index contributed by atoms with van der Waals surface area (Å²) in [6.45, 7) is 0. The van der Waals surface area contributed by atoms with Crippen molar-refractivity contribution in [3.8, 4) is 5.75 Å². The molecular weight excluding hydrogens is 480 g/mol. The van der Waals surface area contributed by atoms with Crippen molar-refractivity contribution in [1.82, 2.24) is 5.32 Å². The molecular formula is C19H17Cl2F3N2O4S. The molecule has 1 atom stereocenters. The van der Waals surface area contributed by atoms with Gasteiger partial charge in [-0.05, 0) is 55.2 Å². The molecule has 6 nitrogen and oxygen atoms in total. The first-order chi connectivity index (χ1) is 14.4. The molecule has 1 amide bonds. The van der Waals surface area contributed by atoms with Crippen molar-refractivity contribution < 1.29 is 31.1 Å². The smallest absolute Gasteiger partial charge is 0.471 e. The first-order valence-corrected chi connectivity index (χ1v) is 11.2. The summed E-state index contributed by atoms with van der Waals surface area (Å²) >= 11 is 11.8. The fraction of sp³-hybridized carbons (Fsp3) is 0.316. The zero-order valence-corrected chi connectivity index (χ0v) is 18.3. The fourth-order valence-electron chi connectivity index (χ4n) is 3.47. The summed E-state index contributed by atoms with van der Waals surface area (Å²) < 4.78 is 71.5. The standard InChI is InChI=1S/C19H17Cl2F3N2O4S/c1-30-16-4-5-17(31(28,29)26-13-7-10(20)6-11(21)8-13)14-3-2-12(9-15(14)16)25-18(27)19(22,23)24/h4-8,12,26H,2-3,9H2,1H3,(H,25,27). The lowest BCUT2D eigenvalue weighted by atomic mass is 9.87. The van der Waals surface area contributed by atoms with E-state index in [0.717, 1.165) is 0 Å². The molecule has 2 N–H and O–H groups in total. The lowest BCUT2D eigenvalue weighted by Crippen LogP contribution is -2.45. The number of alkyl halides is 3. The Morgan fingerprint density at radius 1 is 1.13 bits per heavy atom. The maximum absolute atomic E-state index is 13.0. The third-order valence-electron chi connectivity index (χ3n) is 4.76. The average Bonchev–Trinajstić information content (AvgIpc) is 2.64. The van der Waals surface area contributed by atoms with Gasteiger partial charge in [0.05, 0.1) is 17.7 Å². The number of carbonyl (C=O) groups is 1. The van der Waals surface area contributed by atoms with Crippen LogP contribution in [0.1, 0.15) is 17.5 Å². The molecule has 2 aromatic carbocycles. The summed E-state index contributed by atoms with van der Waals surface area (Å²) in [6, 6.07) is 6.21. The largest absolute Gasteiger partial charge is 0.496 e. The molecule has 0 heterocycles. The number of hydrogen-bond donors (Lipinski definition) is 2. The molecule has 31 heavy (non-hydrogen) atoms. The number of ether oxygens (including phenoxy) is 1. The van der Waals surface area contributed by atoms with Gasteiger partial charge in [-0.1, -0.05) is 23.2 Å². The van der Waals surface area contributed by atoms with Crippen LogP contribution >= 0.6 is 23.2 Å². The summed E-state index contributed by atoms with van der Waals surface area (Å²) in [5, 5.41) is 2.43. The van der Waals surface area contributed by atoms with Gasteiger partial charge >= 0.3 is 12.1 Å². The SMILES string of the molecule is COc1ccc(S(=O)(=O)Nc2cc(Cl)cc(Cl)c2)c2c1CC(NC(=O)C(F)(F)F)CC2.